The zero-order valence-corrected chi connectivity index (χ0v) is 12.2. The van der Waals surface area contributed by atoms with Crippen LogP contribution in [0.4, 0.5) is 0 Å². The fraction of sp³-hybridized carbons (Fsp3) is 0.267. The summed E-state index contributed by atoms with van der Waals surface area (Å²) in [6, 6.07) is 9.02. The van der Waals surface area contributed by atoms with Crippen molar-refractivity contribution in [2.45, 2.75) is 19.1 Å². The van der Waals surface area contributed by atoms with Crippen LogP contribution < -0.4 is 15.2 Å². The van der Waals surface area contributed by atoms with Crippen molar-refractivity contribution in [3.8, 4) is 17.6 Å². The van der Waals surface area contributed by atoms with Gasteiger partial charge in [0.15, 0.2) is 0 Å². The van der Waals surface area contributed by atoms with Crippen molar-refractivity contribution in [2.75, 3.05) is 7.11 Å². The van der Waals surface area contributed by atoms with E-state index in [2.05, 4.69) is 6.07 Å². The molecule has 0 spiro atoms. The molecule has 0 fully saturated rings. The van der Waals surface area contributed by atoms with E-state index < -0.39 is 0 Å². The first-order valence-electron chi connectivity index (χ1n) is 6.17. The van der Waals surface area contributed by atoms with Crippen molar-refractivity contribution in [1.29, 1.82) is 5.26 Å². The Hall–Kier alpha value is -2.03. The molecule has 1 heterocycles. The molecule has 0 bridgehead atoms. The number of nitrogens with zero attached hydrogens (tertiary/aromatic N) is 1. The van der Waals surface area contributed by atoms with Gasteiger partial charge >= 0.3 is 0 Å². The Balaban J connectivity index is 2.29. The molecule has 2 aromatic rings. The fourth-order valence-electron chi connectivity index (χ4n) is 1.88. The van der Waals surface area contributed by atoms with Crippen LogP contribution in [-0.2, 0) is 0 Å². The van der Waals surface area contributed by atoms with E-state index in [-0.39, 0.29) is 12.1 Å². The van der Waals surface area contributed by atoms with E-state index in [9.17, 15) is 0 Å². The molecule has 2 rings (SSSR count). The molecule has 1 aromatic heterocycles. The second-order valence-electron chi connectivity index (χ2n) is 4.46. The number of ether oxygens (including phenoxy) is 2. The molecule has 2 atom stereocenters. The average molecular weight is 288 g/mol. The molecular weight excluding hydrogens is 272 g/mol. The van der Waals surface area contributed by atoms with Crippen molar-refractivity contribution in [2.24, 2.45) is 5.73 Å². The zero-order chi connectivity index (χ0) is 14.5. The van der Waals surface area contributed by atoms with Gasteiger partial charge < -0.3 is 15.2 Å². The maximum Gasteiger partial charge on any atom is 0.139 e. The van der Waals surface area contributed by atoms with Gasteiger partial charge in [-0.25, -0.2) is 0 Å². The summed E-state index contributed by atoms with van der Waals surface area (Å²) in [4.78, 5) is 0. The van der Waals surface area contributed by atoms with Gasteiger partial charge in [-0.2, -0.15) is 16.6 Å². The van der Waals surface area contributed by atoms with Gasteiger partial charge in [0.05, 0.1) is 18.7 Å². The highest BCUT2D eigenvalue weighted by molar-refractivity contribution is 7.07. The minimum Gasteiger partial charge on any atom is -0.497 e. The van der Waals surface area contributed by atoms with E-state index >= 15 is 0 Å². The predicted octanol–water partition coefficient (Wildman–Crippen LogP) is 3.10. The Kier molecular flexibility index (Phi) is 4.61. The number of methoxy groups -OCH3 is 1. The van der Waals surface area contributed by atoms with Crippen LogP contribution in [0, 0.1) is 11.3 Å². The van der Waals surface area contributed by atoms with Gasteiger partial charge in [-0.3, -0.25) is 0 Å². The number of thiophene rings is 1. The van der Waals surface area contributed by atoms with Gasteiger partial charge in [-0.05, 0) is 35.9 Å². The summed E-state index contributed by atoms with van der Waals surface area (Å²) in [6.45, 7) is 1.90. The molecule has 0 aliphatic rings. The maximum atomic E-state index is 9.03. The molecule has 2 N–H and O–H groups in total. The van der Waals surface area contributed by atoms with Crippen LogP contribution in [0.25, 0.3) is 0 Å². The lowest BCUT2D eigenvalue weighted by molar-refractivity contribution is 0.180. The molecule has 5 heteroatoms. The smallest absolute Gasteiger partial charge is 0.139 e. The highest BCUT2D eigenvalue weighted by atomic mass is 32.1. The van der Waals surface area contributed by atoms with Crippen LogP contribution in [0.3, 0.4) is 0 Å². The van der Waals surface area contributed by atoms with Gasteiger partial charge in [0.25, 0.3) is 0 Å². The van der Waals surface area contributed by atoms with Gasteiger partial charge in [-0.1, -0.05) is 0 Å². The van der Waals surface area contributed by atoms with E-state index in [4.69, 9.17) is 20.5 Å². The van der Waals surface area contributed by atoms with E-state index in [1.807, 2.05) is 23.8 Å². The molecule has 0 saturated heterocycles. The summed E-state index contributed by atoms with van der Waals surface area (Å²) >= 11 is 1.60. The number of nitrogens with two attached hydrogens (primary N) is 1. The average Bonchev–Trinajstić information content (AvgIpc) is 2.97. The van der Waals surface area contributed by atoms with Crippen molar-refractivity contribution in [1.82, 2.24) is 0 Å². The van der Waals surface area contributed by atoms with E-state index in [0.29, 0.717) is 17.1 Å². The van der Waals surface area contributed by atoms with E-state index in [1.165, 1.54) is 0 Å². The van der Waals surface area contributed by atoms with Crippen LogP contribution in [-0.4, -0.2) is 13.2 Å². The SMILES string of the molecule is COc1cc(C#N)cc(OC(c2ccsc2)C(C)N)c1. The minimum absolute atomic E-state index is 0.165. The number of benzene rings is 1. The largest absolute Gasteiger partial charge is 0.497 e. The number of rotatable bonds is 5. The van der Waals surface area contributed by atoms with E-state index in [0.717, 1.165) is 5.56 Å². The lowest BCUT2D eigenvalue weighted by Gasteiger charge is -2.22. The van der Waals surface area contributed by atoms with Gasteiger partial charge in [0.1, 0.15) is 17.6 Å². The number of nitriles is 1. The molecule has 4 nitrogen and oxygen atoms in total. The first-order chi connectivity index (χ1) is 9.63. The first kappa shape index (κ1) is 14.4. The third kappa shape index (κ3) is 3.29. The Morgan fingerprint density at radius 2 is 2.05 bits per heavy atom. The molecule has 2 unspecified atom stereocenters. The number of hydrogen-bond donors (Lipinski definition) is 1. The van der Waals surface area contributed by atoms with Crippen LogP contribution in [0.1, 0.15) is 24.2 Å². The second-order valence-corrected chi connectivity index (χ2v) is 5.24. The normalized spacial score (nSPS) is 13.3. The Morgan fingerprint density at radius 1 is 1.30 bits per heavy atom. The Labute approximate surface area is 122 Å². The summed E-state index contributed by atoms with van der Waals surface area (Å²) in [5.41, 5.74) is 7.53. The summed E-state index contributed by atoms with van der Waals surface area (Å²) < 4.78 is 11.1. The predicted molar refractivity (Wildman–Crippen MR) is 79.0 cm³/mol. The Bertz CT molecular complexity index is 603. The van der Waals surface area contributed by atoms with Crippen LogP contribution in [0.15, 0.2) is 35.0 Å². The minimum atomic E-state index is -0.250. The fourth-order valence-corrected chi connectivity index (χ4v) is 2.57. The lowest BCUT2D eigenvalue weighted by atomic mass is 10.1. The van der Waals surface area contributed by atoms with Crippen molar-refractivity contribution >= 4 is 11.3 Å². The quantitative estimate of drug-likeness (QED) is 0.918. The molecule has 20 heavy (non-hydrogen) atoms. The molecule has 0 radical (unpaired) electrons. The number of hydrogen-bond acceptors (Lipinski definition) is 5. The highest BCUT2D eigenvalue weighted by Crippen LogP contribution is 2.29. The van der Waals surface area contributed by atoms with Crippen molar-refractivity contribution in [3.63, 3.8) is 0 Å². The first-order valence-corrected chi connectivity index (χ1v) is 7.12. The molecule has 104 valence electrons. The second kappa shape index (κ2) is 6.42. The van der Waals surface area contributed by atoms with Gasteiger partial charge in [0, 0.05) is 17.7 Å². The topological polar surface area (TPSA) is 68.3 Å². The Morgan fingerprint density at radius 3 is 2.60 bits per heavy atom. The molecule has 0 aliphatic carbocycles. The summed E-state index contributed by atoms with van der Waals surface area (Å²) in [5, 5.41) is 13.0. The lowest BCUT2D eigenvalue weighted by Crippen LogP contribution is -2.28. The standard InChI is InChI=1S/C15H16N2O2S/c1-10(17)15(12-3-4-20-9-12)19-14-6-11(8-16)5-13(7-14)18-2/h3-7,9-10,15H,17H2,1-2H3. The van der Waals surface area contributed by atoms with Crippen molar-refractivity contribution < 1.29 is 9.47 Å². The molecular formula is C15H16N2O2S. The van der Waals surface area contributed by atoms with Gasteiger partial charge in [-0.15, -0.1) is 0 Å². The maximum absolute atomic E-state index is 9.03. The third-order valence-corrected chi connectivity index (χ3v) is 3.56. The van der Waals surface area contributed by atoms with Crippen LogP contribution in [0.2, 0.25) is 0 Å². The molecule has 0 saturated carbocycles. The molecule has 0 amide bonds. The van der Waals surface area contributed by atoms with Crippen LogP contribution in [0.5, 0.6) is 11.5 Å². The molecule has 1 aromatic carbocycles. The molecule has 0 aliphatic heterocycles. The van der Waals surface area contributed by atoms with E-state index in [1.54, 1.807) is 36.6 Å². The van der Waals surface area contributed by atoms with Crippen molar-refractivity contribution in [3.05, 3.63) is 46.2 Å². The monoisotopic (exact) mass is 288 g/mol. The highest BCUT2D eigenvalue weighted by Gasteiger charge is 2.19. The zero-order valence-electron chi connectivity index (χ0n) is 11.4. The summed E-state index contributed by atoms with van der Waals surface area (Å²) in [6.07, 6.45) is -0.250. The third-order valence-electron chi connectivity index (χ3n) is 2.86. The summed E-state index contributed by atoms with van der Waals surface area (Å²) in [5.74, 6) is 1.17. The van der Waals surface area contributed by atoms with Crippen LogP contribution >= 0.6 is 11.3 Å². The summed E-state index contributed by atoms with van der Waals surface area (Å²) in [7, 11) is 1.56. The van der Waals surface area contributed by atoms with Gasteiger partial charge in [0.2, 0.25) is 0 Å².